The lowest BCUT2D eigenvalue weighted by Gasteiger charge is -2.48. The number of amides is 1. The van der Waals surface area contributed by atoms with Crippen LogP contribution in [-0.2, 0) is 11.8 Å². The molecule has 0 radical (unpaired) electrons. The second-order valence-corrected chi connectivity index (χ2v) is 6.19. The van der Waals surface area contributed by atoms with E-state index in [0.717, 1.165) is 0 Å². The van der Waals surface area contributed by atoms with Crippen molar-refractivity contribution in [3.63, 3.8) is 0 Å². The minimum absolute atomic E-state index is 0.112. The van der Waals surface area contributed by atoms with Gasteiger partial charge in [-0.05, 0) is 20.8 Å². The van der Waals surface area contributed by atoms with E-state index in [9.17, 15) is 9.90 Å². The number of nitrogens with two attached hydrogens (primary N) is 1. The molecule has 0 aromatic carbocycles. The quantitative estimate of drug-likeness (QED) is 0.778. The second-order valence-electron chi connectivity index (χ2n) is 6.19. The average molecular weight is 283 g/mol. The van der Waals surface area contributed by atoms with E-state index in [2.05, 4.69) is 10.1 Å². The molecule has 0 aliphatic carbocycles. The molecule has 1 fully saturated rings. The Labute approximate surface area is 117 Å². The van der Waals surface area contributed by atoms with E-state index in [1.54, 1.807) is 27.8 Å². The molecule has 1 atom stereocenters. The van der Waals surface area contributed by atoms with E-state index >= 15 is 0 Å². The maximum absolute atomic E-state index is 11.8. The van der Waals surface area contributed by atoms with Gasteiger partial charge in [-0.1, -0.05) is 0 Å². The number of aromatic nitrogens is 3. The van der Waals surface area contributed by atoms with Crippen molar-refractivity contribution < 1.29 is 14.6 Å². The minimum atomic E-state index is -1.21. The van der Waals surface area contributed by atoms with Gasteiger partial charge in [0.1, 0.15) is 17.5 Å². The Hall–Kier alpha value is -1.67. The average Bonchev–Trinajstić information content (AvgIpc) is 2.68. The molecule has 1 amide bonds. The summed E-state index contributed by atoms with van der Waals surface area (Å²) in [6.07, 6.45) is 1.06. The number of nitrogens with zero attached hydrogens (tertiary/aromatic N) is 4. The molecule has 0 spiro atoms. The van der Waals surface area contributed by atoms with Gasteiger partial charge in [-0.25, -0.2) is 9.78 Å². The van der Waals surface area contributed by atoms with Crippen LogP contribution in [0.4, 0.5) is 4.79 Å². The van der Waals surface area contributed by atoms with Gasteiger partial charge in [0.05, 0.1) is 19.1 Å². The first-order chi connectivity index (χ1) is 9.11. The van der Waals surface area contributed by atoms with Crippen LogP contribution in [-0.4, -0.2) is 55.2 Å². The van der Waals surface area contributed by atoms with E-state index in [1.165, 1.54) is 15.9 Å². The summed E-state index contributed by atoms with van der Waals surface area (Å²) in [6, 6.07) is -0.734. The Balaban J connectivity index is 1.95. The van der Waals surface area contributed by atoms with Gasteiger partial charge in [0.25, 0.3) is 0 Å². The number of carbonyl (C=O) groups excluding carboxylic acids is 1. The van der Waals surface area contributed by atoms with Gasteiger partial charge in [0.2, 0.25) is 0 Å². The Morgan fingerprint density at radius 1 is 1.55 bits per heavy atom. The Morgan fingerprint density at radius 2 is 2.15 bits per heavy atom. The Bertz CT molecular complexity index is 501. The highest BCUT2D eigenvalue weighted by Gasteiger charge is 2.50. The van der Waals surface area contributed by atoms with Gasteiger partial charge < -0.3 is 20.5 Å². The molecule has 1 aromatic heterocycles. The molecule has 1 unspecified atom stereocenters. The van der Waals surface area contributed by atoms with Crippen LogP contribution < -0.4 is 5.73 Å². The first kappa shape index (κ1) is 14.7. The molecular weight excluding hydrogens is 262 g/mol. The fourth-order valence-electron chi connectivity index (χ4n) is 2.01. The molecule has 1 saturated heterocycles. The van der Waals surface area contributed by atoms with Crippen LogP contribution in [0.25, 0.3) is 0 Å². The predicted molar refractivity (Wildman–Crippen MR) is 70.7 cm³/mol. The monoisotopic (exact) mass is 283 g/mol. The molecule has 1 aromatic rings. The van der Waals surface area contributed by atoms with Crippen molar-refractivity contribution in [3.05, 3.63) is 12.2 Å². The van der Waals surface area contributed by atoms with Gasteiger partial charge in [0, 0.05) is 7.05 Å². The summed E-state index contributed by atoms with van der Waals surface area (Å²) in [7, 11) is 1.72. The van der Waals surface area contributed by atoms with Crippen molar-refractivity contribution in [1.29, 1.82) is 0 Å². The highest BCUT2D eigenvalue weighted by Crippen LogP contribution is 2.32. The van der Waals surface area contributed by atoms with Crippen molar-refractivity contribution >= 4 is 6.09 Å². The minimum Gasteiger partial charge on any atom is -0.444 e. The predicted octanol–water partition coefficient (Wildman–Crippen LogP) is -0.203. The summed E-state index contributed by atoms with van der Waals surface area (Å²) in [5.74, 6) is 0.360. The number of carbonyl (C=O) groups is 1. The zero-order valence-corrected chi connectivity index (χ0v) is 12.2. The van der Waals surface area contributed by atoms with Crippen LogP contribution in [0.3, 0.4) is 0 Å². The van der Waals surface area contributed by atoms with Crippen molar-refractivity contribution in [2.45, 2.75) is 38.0 Å². The van der Waals surface area contributed by atoms with E-state index in [0.29, 0.717) is 5.82 Å². The molecule has 2 heterocycles. The maximum Gasteiger partial charge on any atom is 0.410 e. The molecule has 20 heavy (non-hydrogen) atoms. The highest BCUT2D eigenvalue weighted by atomic mass is 16.6. The highest BCUT2D eigenvalue weighted by molar-refractivity contribution is 5.69. The summed E-state index contributed by atoms with van der Waals surface area (Å²) in [4.78, 5) is 17.2. The molecule has 0 bridgehead atoms. The third-order valence-corrected chi connectivity index (χ3v) is 3.06. The summed E-state index contributed by atoms with van der Waals surface area (Å²) in [6.45, 7) is 5.60. The zero-order valence-electron chi connectivity index (χ0n) is 12.2. The molecule has 0 saturated carbocycles. The van der Waals surface area contributed by atoms with Crippen LogP contribution in [0.1, 0.15) is 32.6 Å². The SMILES string of the molecule is Cn1cnc(C(N)C2(O)CN(C(=O)OC(C)(C)C)C2)n1. The number of hydrogen-bond acceptors (Lipinski definition) is 6. The number of hydrogen-bond donors (Lipinski definition) is 2. The van der Waals surface area contributed by atoms with Gasteiger partial charge >= 0.3 is 6.09 Å². The number of aliphatic hydroxyl groups is 1. The van der Waals surface area contributed by atoms with Crippen molar-refractivity contribution in [2.75, 3.05) is 13.1 Å². The van der Waals surface area contributed by atoms with E-state index in [-0.39, 0.29) is 13.1 Å². The van der Waals surface area contributed by atoms with Crippen molar-refractivity contribution in [2.24, 2.45) is 12.8 Å². The fourth-order valence-corrected chi connectivity index (χ4v) is 2.01. The number of β-amino-alcohol motifs (C(OH)–C–C–N with tert-alkyl or cyclic N) is 1. The number of likely N-dealkylation sites (tertiary alicyclic amines) is 1. The lowest BCUT2D eigenvalue weighted by molar-refractivity contribution is -0.114. The normalized spacial score (nSPS) is 19.4. The van der Waals surface area contributed by atoms with Crippen LogP contribution in [0, 0.1) is 0 Å². The molecule has 8 heteroatoms. The lowest BCUT2D eigenvalue weighted by atomic mass is 9.86. The molecule has 3 N–H and O–H groups in total. The summed E-state index contributed by atoms with van der Waals surface area (Å²) >= 11 is 0. The molecular formula is C12H21N5O3. The smallest absolute Gasteiger partial charge is 0.410 e. The molecule has 2 rings (SSSR count). The van der Waals surface area contributed by atoms with Gasteiger partial charge in [-0.3, -0.25) is 4.68 Å². The zero-order chi connectivity index (χ0) is 15.1. The molecule has 1 aliphatic heterocycles. The summed E-state index contributed by atoms with van der Waals surface area (Å²) in [5.41, 5.74) is 4.20. The summed E-state index contributed by atoms with van der Waals surface area (Å²) < 4.78 is 6.74. The topological polar surface area (TPSA) is 106 Å². The molecule has 8 nitrogen and oxygen atoms in total. The van der Waals surface area contributed by atoms with Gasteiger partial charge in [0.15, 0.2) is 5.82 Å². The second kappa shape index (κ2) is 4.71. The fraction of sp³-hybridized carbons (Fsp3) is 0.750. The lowest BCUT2D eigenvalue weighted by Crippen LogP contribution is -2.68. The number of aryl methyl sites for hydroxylation is 1. The van der Waals surface area contributed by atoms with Crippen molar-refractivity contribution in [3.8, 4) is 0 Å². The standard InChI is InChI=1S/C12H21N5O3/c1-11(2,3)20-10(18)17-5-12(19,6-17)8(13)9-14-7-16(4)15-9/h7-8,19H,5-6,13H2,1-4H3. The van der Waals surface area contributed by atoms with E-state index < -0.39 is 23.3 Å². The third-order valence-electron chi connectivity index (χ3n) is 3.06. The van der Waals surface area contributed by atoms with Gasteiger partial charge in [-0.2, -0.15) is 5.10 Å². The Kier molecular flexibility index (Phi) is 3.47. The largest absolute Gasteiger partial charge is 0.444 e. The molecule has 1 aliphatic rings. The van der Waals surface area contributed by atoms with E-state index in [4.69, 9.17) is 10.5 Å². The molecule has 112 valence electrons. The van der Waals surface area contributed by atoms with Crippen LogP contribution in [0.5, 0.6) is 0 Å². The Morgan fingerprint density at radius 3 is 2.60 bits per heavy atom. The number of ether oxygens (including phenoxy) is 1. The third kappa shape index (κ3) is 2.91. The van der Waals surface area contributed by atoms with Gasteiger partial charge in [-0.15, -0.1) is 0 Å². The first-order valence-electron chi connectivity index (χ1n) is 6.42. The number of rotatable bonds is 2. The van der Waals surface area contributed by atoms with E-state index in [1.807, 2.05) is 0 Å². The van der Waals surface area contributed by atoms with Crippen LogP contribution in [0.15, 0.2) is 6.33 Å². The van der Waals surface area contributed by atoms with Crippen LogP contribution in [0.2, 0.25) is 0 Å². The first-order valence-corrected chi connectivity index (χ1v) is 6.42. The maximum atomic E-state index is 11.8. The van der Waals surface area contributed by atoms with Crippen molar-refractivity contribution in [1.82, 2.24) is 19.7 Å². The van der Waals surface area contributed by atoms with Crippen LogP contribution >= 0.6 is 0 Å². The summed E-state index contributed by atoms with van der Waals surface area (Å²) in [5, 5.41) is 14.5.